The zero-order chi connectivity index (χ0) is 24.6. The van der Waals surface area contributed by atoms with Gasteiger partial charge < -0.3 is 4.74 Å². The molecule has 4 rings (SSSR count). The van der Waals surface area contributed by atoms with Crippen molar-refractivity contribution in [2.45, 2.75) is 51.8 Å². The van der Waals surface area contributed by atoms with Gasteiger partial charge in [0, 0.05) is 39.1 Å². The van der Waals surface area contributed by atoms with Crippen LogP contribution in [0, 0.1) is 0 Å². The first kappa shape index (κ1) is 24.0. The quantitative estimate of drug-likeness (QED) is 0.490. The molecule has 4 amide bonds. The highest BCUT2D eigenvalue weighted by Crippen LogP contribution is 2.30. The minimum absolute atomic E-state index is 0.0875. The summed E-state index contributed by atoms with van der Waals surface area (Å²) in [7, 11) is 0. The number of carbonyl (C=O) groups is 5. The van der Waals surface area contributed by atoms with E-state index >= 15 is 0 Å². The van der Waals surface area contributed by atoms with Crippen molar-refractivity contribution in [3.8, 4) is 0 Å². The molecule has 0 aliphatic carbocycles. The van der Waals surface area contributed by atoms with Crippen molar-refractivity contribution < 1.29 is 28.7 Å². The van der Waals surface area contributed by atoms with Crippen molar-refractivity contribution in [1.29, 1.82) is 0 Å². The SMILES string of the molecule is CC(C)(C)OC(=O)CN1CCN(Cc2cccc3c2C(=O)N(C2CCC(=O)NC2=O)C3=O)CC1. The number of nitrogens with one attached hydrogen (secondary N) is 1. The van der Waals surface area contributed by atoms with Crippen LogP contribution in [0.25, 0.3) is 0 Å². The van der Waals surface area contributed by atoms with Gasteiger partial charge in [-0.05, 0) is 38.8 Å². The van der Waals surface area contributed by atoms with E-state index in [1.54, 1.807) is 12.1 Å². The fraction of sp³-hybridized carbons (Fsp3) is 0.542. The number of carbonyl (C=O) groups excluding carboxylic acids is 5. The Hall–Kier alpha value is -3.11. The Labute approximate surface area is 198 Å². The zero-order valence-corrected chi connectivity index (χ0v) is 19.8. The summed E-state index contributed by atoms with van der Waals surface area (Å²) >= 11 is 0. The molecule has 0 bridgehead atoms. The third-order valence-corrected chi connectivity index (χ3v) is 6.19. The zero-order valence-electron chi connectivity index (χ0n) is 19.8. The highest BCUT2D eigenvalue weighted by molar-refractivity contribution is 6.24. The molecule has 1 aromatic rings. The van der Waals surface area contributed by atoms with E-state index in [0.29, 0.717) is 38.3 Å². The molecule has 3 aliphatic rings. The summed E-state index contributed by atoms with van der Waals surface area (Å²) in [6.45, 7) is 9.01. The van der Waals surface area contributed by atoms with E-state index in [9.17, 15) is 24.0 Å². The van der Waals surface area contributed by atoms with Gasteiger partial charge in [0.25, 0.3) is 11.8 Å². The van der Waals surface area contributed by atoms with E-state index in [2.05, 4.69) is 10.2 Å². The molecule has 34 heavy (non-hydrogen) atoms. The third-order valence-electron chi connectivity index (χ3n) is 6.19. The molecule has 1 N–H and O–H groups in total. The van der Waals surface area contributed by atoms with E-state index in [1.807, 2.05) is 31.7 Å². The van der Waals surface area contributed by atoms with Gasteiger partial charge in [0.2, 0.25) is 11.8 Å². The predicted octanol–water partition coefficient (Wildman–Crippen LogP) is 0.547. The molecule has 0 spiro atoms. The second-order valence-electron chi connectivity index (χ2n) is 9.93. The monoisotopic (exact) mass is 470 g/mol. The standard InChI is InChI=1S/C24H30N4O6/c1-24(2,3)34-19(30)14-27-11-9-26(10-12-27)13-15-5-4-6-16-20(15)23(33)28(22(16)32)17-7-8-18(29)25-21(17)31/h4-6,17H,7-14H2,1-3H3,(H,25,29,31). The van der Waals surface area contributed by atoms with Gasteiger partial charge in [0.05, 0.1) is 17.7 Å². The van der Waals surface area contributed by atoms with Crippen molar-refractivity contribution in [2.24, 2.45) is 0 Å². The van der Waals surface area contributed by atoms with E-state index in [1.165, 1.54) is 0 Å². The molecule has 2 fully saturated rings. The minimum Gasteiger partial charge on any atom is -0.459 e. The van der Waals surface area contributed by atoms with Crippen LogP contribution in [0.3, 0.4) is 0 Å². The number of rotatable bonds is 5. The summed E-state index contributed by atoms with van der Waals surface area (Å²) in [6, 6.07) is 4.19. The Morgan fingerprint density at radius 3 is 2.35 bits per heavy atom. The molecule has 10 heteroatoms. The van der Waals surface area contributed by atoms with Crippen LogP contribution in [0.15, 0.2) is 18.2 Å². The topological polar surface area (TPSA) is 116 Å². The lowest BCUT2D eigenvalue weighted by molar-refractivity contribution is -0.156. The lowest BCUT2D eigenvalue weighted by Gasteiger charge is -2.34. The number of esters is 1. The van der Waals surface area contributed by atoms with Crippen LogP contribution < -0.4 is 5.32 Å². The van der Waals surface area contributed by atoms with Crippen LogP contribution in [-0.4, -0.2) is 88.7 Å². The maximum atomic E-state index is 13.2. The van der Waals surface area contributed by atoms with Crippen molar-refractivity contribution >= 4 is 29.6 Å². The van der Waals surface area contributed by atoms with Gasteiger partial charge in [0.15, 0.2) is 0 Å². The average Bonchev–Trinajstić information content (AvgIpc) is 2.99. The number of amides is 4. The van der Waals surface area contributed by atoms with Gasteiger partial charge in [0.1, 0.15) is 11.6 Å². The number of piperazine rings is 1. The number of ether oxygens (including phenoxy) is 1. The Balaban J connectivity index is 1.41. The number of nitrogens with zero attached hydrogens (tertiary/aromatic N) is 3. The van der Waals surface area contributed by atoms with Crippen LogP contribution in [0.5, 0.6) is 0 Å². The molecule has 0 aromatic heterocycles. The number of fused-ring (bicyclic) bond motifs is 1. The fourth-order valence-corrected chi connectivity index (χ4v) is 4.62. The Bertz CT molecular complexity index is 1040. The van der Waals surface area contributed by atoms with Gasteiger partial charge in [-0.3, -0.25) is 44.0 Å². The largest absolute Gasteiger partial charge is 0.459 e. The molecule has 2 saturated heterocycles. The molecule has 1 aromatic carbocycles. The third kappa shape index (κ3) is 5.02. The van der Waals surface area contributed by atoms with E-state index in [0.717, 1.165) is 10.5 Å². The molecule has 3 heterocycles. The van der Waals surface area contributed by atoms with Gasteiger partial charge in [-0.2, -0.15) is 0 Å². The number of hydrogen-bond donors (Lipinski definition) is 1. The minimum atomic E-state index is -0.977. The van der Waals surface area contributed by atoms with Crippen LogP contribution >= 0.6 is 0 Å². The molecule has 0 saturated carbocycles. The molecule has 10 nitrogen and oxygen atoms in total. The molecular weight excluding hydrogens is 440 g/mol. The first-order valence-electron chi connectivity index (χ1n) is 11.5. The van der Waals surface area contributed by atoms with E-state index in [4.69, 9.17) is 4.74 Å². The molecule has 182 valence electrons. The number of piperidine rings is 1. The summed E-state index contributed by atoms with van der Waals surface area (Å²) in [5, 5.41) is 2.21. The number of imide groups is 2. The van der Waals surface area contributed by atoms with Crippen molar-refractivity contribution in [1.82, 2.24) is 20.0 Å². The Kier molecular flexibility index (Phi) is 6.55. The molecule has 3 aliphatic heterocycles. The number of hydrogen-bond acceptors (Lipinski definition) is 8. The van der Waals surface area contributed by atoms with E-state index < -0.39 is 35.3 Å². The van der Waals surface area contributed by atoms with Gasteiger partial charge in [-0.1, -0.05) is 12.1 Å². The fourth-order valence-electron chi connectivity index (χ4n) is 4.62. The summed E-state index contributed by atoms with van der Waals surface area (Å²) in [4.78, 5) is 67.3. The van der Waals surface area contributed by atoms with Crippen molar-refractivity contribution in [2.75, 3.05) is 32.7 Å². The summed E-state index contributed by atoms with van der Waals surface area (Å²) in [5.41, 5.74) is 0.827. The molecule has 0 radical (unpaired) electrons. The van der Waals surface area contributed by atoms with Crippen LogP contribution in [-0.2, 0) is 25.7 Å². The second-order valence-corrected chi connectivity index (χ2v) is 9.93. The first-order valence-corrected chi connectivity index (χ1v) is 11.5. The summed E-state index contributed by atoms with van der Waals surface area (Å²) in [6.07, 6.45) is 0.218. The van der Waals surface area contributed by atoms with Gasteiger partial charge in [-0.25, -0.2) is 0 Å². The van der Waals surface area contributed by atoms with Crippen LogP contribution in [0.2, 0.25) is 0 Å². The van der Waals surface area contributed by atoms with Crippen molar-refractivity contribution in [3.63, 3.8) is 0 Å². The molecule has 1 unspecified atom stereocenters. The predicted molar refractivity (Wildman–Crippen MR) is 121 cm³/mol. The average molecular weight is 471 g/mol. The lowest BCUT2D eigenvalue weighted by Crippen LogP contribution is -2.54. The van der Waals surface area contributed by atoms with Crippen molar-refractivity contribution in [3.05, 3.63) is 34.9 Å². The summed E-state index contributed by atoms with van der Waals surface area (Å²) < 4.78 is 5.39. The molecule has 1 atom stereocenters. The normalized spacial score (nSPS) is 22.1. The van der Waals surface area contributed by atoms with Crippen LogP contribution in [0.4, 0.5) is 0 Å². The maximum Gasteiger partial charge on any atom is 0.320 e. The first-order chi connectivity index (χ1) is 16.0. The maximum absolute atomic E-state index is 13.2. The smallest absolute Gasteiger partial charge is 0.320 e. The van der Waals surface area contributed by atoms with Gasteiger partial charge >= 0.3 is 5.97 Å². The number of benzene rings is 1. The van der Waals surface area contributed by atoms with E-state index in [-0.39, 0.29) is 30.9 Å². The lowest BCUT2D eigenvalue weighted by atomic mass is 10.0. The molecular formula is C24H30N4O6. The Morgan fingerprint density at radius 2 is 1.71 bits per heavy atom. The van der Waals surface area contributed by atoms with Crippen LogP contribution in [0.1, 0.15) is 59.9 Å². The van der Waals surface area contributed by atoms with Gasteiger partial charge in [-0.15, -0.1) is 0 Å². The highest BCUT2D eigenvalue weighted by Gasteiger charge is 2.45. The highest BCUT2D eigenvalue weighted by atomic mass is 16.6. The Morgan fingerprint density at radius 1 is 1.03 bits per heavy atom. The summed E-state index contributed by atoms with van der Waals surface area (Å²) in [5.74, 6) is -2.26. The second kappa shape index (κ2) is 9.27.